The molecule has 3 rings (SSSR count). The molecule has 1 aromatic heterocycles. The number of fused-ring (bicyclic) bond motifs is 1. The minimum absolute atomic E-state index is 0.298. The third-order valence-corrected chi connectivity index (χ3v) is 3.71. The number of benzene rings is 1. The quantitative estimate of drug-likeness (QED) is 0.725. The monoisotopic (exact) mass is 258 g/mol. The SMILES string of the molecule is Cc1cc(Cl)nc(C2CCCc3ccccc32)n1. The van der Waals surface area contributed by atoms with E-state index in [1.807, 2.05) is 6.92 Å². The molecule has 18 heavy (non-hydrogen) atoms. The average molecular weight is 259 g/mol. The number of hydrogen-bond acceptors (Lipinski definition) is 2. The van der Waals surface area contributed by atoms with Gasteiger partial charge in [0.25, 0.3) is 0 Å². The summed E-state index contributed by atoms with van der Waals surface area (Å²) in [4.78, 5) is 8.97. The molecule has 1 aromatic carbocycles. The summed E-state index contributed by atoms with van der Waals surface area (Å²) in [7, 11) is 0. The van der Waals surface area contributed by atoms with E-state index in [1.54, 1.807) is 6.07 Å². The summed E-state index contributed by atoms with van der Waals surface area (Å²) in [6.07, 6.45) is 3.46. The zero-order valence-electron chi connectivity index (χ0n) is 10.4. The van der Waals surface area contributed by atoms with Crippen molar-refractivity contribution in [2.24, 2.45) is 0 Å². The fourth-order valence-electron chi connectivity index (χ4n) is 2.73. The minimum Gasteiger partial charge on any atom is -0.237 e. The van der Waals surface area contributed by atoms with Gasteiger partial charge in [-0.15, -0.1) is 0 Å². The molecule has 0 fully saturated rings. The number of nitrogens with zero attached hydrogens (tertiary/aromatic N) is 2. The van der Waals surface area contributed by atoms with Gasteiger partial charge in [0.2, 0.25) is 0 Å². The first kappa shape index (κ1) is 11.7. The molecular formula is C15H15ClN2. The van der Waals surface area contributed by atoms with Gasteiger partial charge in [0.05, 0.1) is 0 Å². The Morgan fingerprint density at radius 1 is 1.22 bits per heavy atom. The zero-order chi connectivity index (χ0) is 12.5. The average Bonchev–Trinajstić information content (AvgIpc) is 2.37. The van der Waals surface area contributed by atoms with Crippen LogP contribution in [0, 0.1) is 6.92 Å². The highest BCUT2D eigenvalue weighted by Gasteiger charge is 2.23. The molecule has 0 aliphatic heterocycles. The normalized spacial score (nSPS) is 18.4. The lowest BCUT2D eigenvalue weighted by Crippen LogP contribution is -2.14. The molecule has 2 nitrogen and oxygen atoms in total. The van der Waals surface area contributed by atoms with Gasteiger partial charge in [-0.1, -0.05) is 35.9 Å². The van der Waals surface area contributed by atoms with Crippen LogP contribution in [0.4, 0.5) is 0 Å². The van der Waals surface area contributed by atoms with Crippen LogP contribution in [0.3, 0.4) is 0 Å². The third-order valence-electron chi connectivity index (χ3n) is 3.52. The maximum atomic E-state index is 6.05. The van der Waals surface area contributed by atoms with Crippen molar-refractivity contribution in [3.05, 3.63) is 58.1 Å². The van der Waals surface area contributed by atoms with Crippen LogP contribution in [0.1, 0.15) is 41.4 Å². The summed E-state index contributed by atoms with van der Waals surface area (Å²) in [6.45, 7) is 1.96. The van der Waals surface area contributed by atoms with Crippen LogP contribution in [-0.2, 0) is 6.42 Å². The second-order valence-electron chi connectivity index (χ2n) is 4.83. The van der Waals surface area contributed by atoms with Crippen molar-refractivity contribution < 1.29 is 0 Å². The lowest BCUT2D eigenvalue weighted by atomic mass is 9.82. The van der Waals surface area contributed by atoms with Gasteiger partial charge in [0.15, 0.2) is 0 Å². The predicted octanol–water partition coefficient (Wildman–Crippen LogP) is 3.91. The summed E-state index contributed by atoms with van der Waals surface area (Å²) in [5.74, 6) is 1.17. The van der Waals surface area contributed by atoms with E-state index in [0.29, 0.717) is 11.1 Å². The number of halogens is 1. The summed E-state index contributed by atoms with van der Waals surface area (Å²) < 4.78 is 0. The fraction of sp³-hybridized carbons (Fsp3) is 0.333. The summed E-state index contributed by atoms with van der Waals surface area (Å²) >= 11 is 6.05. The highest BCUT2D eigenvalue weighted by atomic mass is 35.5. The molecule has 1 unspecified atom stereocenters. The Kier molecular flexibility index (Phi) is 3.04. The van der Waals surface area contributed by atoms with Crippen molar-refractivity contribution in [3.63, 3.8) is 0 Å². The lowest BCUT2D eigenvalue weighted by molar-refractivity contribution is 0.589. The molecule has 0 amide bonds. The molecule has 0 saturated carbocycles. The first-order chi connectivity index (χ1) is 8.74. The molecule has 1 aliphatic carbocycles. The fourth-order valence-corrected chi connectivity index (χ4v) is 2.97. The summed E-state index contributed by atoms with van der Waals surface area (Å²) in [5.41, 5.74) is 3.73. The first-order valence-electron chi connectivity index (χ1n) is 6.33. The van der Waals surface area contributed by atoms with Crippen LogP contribution >= 0.6 is 11.6 Å². The summed E-state index contributed by atoms with van der Waals surface area (Å²) in [6, 6.07) is 10.4. The molecule has 0 bridgehead atoms. The number of aryl methyl sites for hydroxylation is 2. The smallest absolute Gasteiger partial charge is 0.137 e. The second kappa shape index (κ2) is 4.69. The largest absolute Gasteiger partial charge is 0.237 e. The number of rotatable bonds is 1. The lowest BCUT2D eigenvalue weighted by Gasteiger charge is -2.24. The van der Waals surface area contributed by atoms with Crippen molar-refractivity contribution >= 4 is 11.6 Å². The molecule has 1 heterocycles. The maximum absolute atomic E-state index is 6.05. The van der Waals surface area contributed by atoms with E-state index in [0.717, 1.165) is 24.4 Å². The Labute approximate surface area is 112 Å². The van der Waals surface area contributed by atoms with E-state index in [1.165, 1.54) is 17.5 Å². The Morgan fingerprint density at radius 3 is 2.89 bits per heavy atom. The summed E-state index contributed by atoms with van der Waals surface area (Å²) in [5, 5.41) is 0.542. The number of hydrogen-bond donors (Lipinski definition) is 0. The van der Waals surface area contributed by atoms with E-state index in [-0.39, 0.29) is 0 Å². The molecule has 1 atom stereocenters. The van der Waals surface area contributed by atoms with Crippen LogP contribution in [0.5, 0.6) is 0 Å². The van der Waals surface area contributed by atoms with Crippen LogP contribution in [0.15, 0.2) is 30.3 Å². The van der Waals surface area contributed by atoms with Gasteiger partial charge in [-0.2, -0.15) is 0 Å². The molecule has 0 spiro atoms. The van der Waals surface area contributed by atoms with Crippen molar-refractivity contribution in [3.8, 4) is 0 Å². The standard InChI is InChI=1S/C15H15ClN2/c1-10-9-14(16)18-15(17-10)13-8-4-6-11-5-2-3-7-12(11)13/h2-3,5,7,9,13H,4,6,8H2,1H3. The minimum atomic E-state index is 0.298. The Hall–Kier alpha value is -1.41. The van der Waals surface area contributed by atoms with Crippen molar-refractivity contribution in [1.82, 2.24) is 9.97 Å². The Balaban J connectivity index is 2.08. The van der Waals surface area contributed by atoms with Crippen molar-refractivity contribution in [2.45, 2.75) is 32.1 Å². The van der Waals surface area contributed by atoms with Gasteiger partial charge in [-0.3, -0.25) is 0 Å². The second-order valence-corrected chi connectivity index (χ2v) is 5.22. The van der Waals surface area contributed by atoms with Gasteiger partial charge in [-0.05, 0) is 43.4 Å². The van der Waals surface area contributed by atoms with E-state index in [9.17, 15) is 0 Å². The van der Waals surface area contributed by atoms with Gasteiger partial charge >= 0.3 is 0 Å². The predicted molar refractivity (Wildman–Crippen MR) is 73.0 cm³/mol. The van der Waals surface area contributed by atoms with Crippen LogP contribution in [0.25, 0.3) is 0 Å². The van der Waals surface area contributed by atoms with Gasteiger partial charge < -0.3 is 0 Å². The molecule has 0 radical (unpaired) electrons. The molecule has 0 N–H and O–H groups in total. The maximum Gasteiger partial charge on any atom is 0.137 e. The van der Waals surface area contributed by atoms with Gasteiger partial charge in [0.1, 0.15) is 11.0 Å². The van der Waals surface area contributed by atoms with E-state index in [4.69, 9.17) is 11.6 Å². The zero-order valence-corrected chi connectivity index (χ0v) is 11.1. The third kappa shape index (κ3) is 2.13. The highest BCUT2D eigenvalue weighted by molar-refractivity contribution is 6.29. The van der Waals surface area contributed by atoms with Gasteiger partial charge in [0, 0.05) is 11.6 Å². The van der Waals surface area contributed by atoms with E-state index in [2.05, 4.69) is 34.2 Å². The molecule has 0 saturated heterocycles. The van der Waals surface area contributed by atoms with Crippen LogP contribution in [0.2, 0.25) is 5.15 Å². The van der Waals surface area contributed by atoms with Crippen LogP contribution in [-0.4, -0.2) is 9.97 Å². The van der Waals surface area contributed by atoms with Crippen molar-refractivity contribution in [2.75, 3.05) is 0 Å². The molecule has 2 aromatic rings. The topological polar surface area (TPSA) is 25.8 Å². The molecular weight excluding hydrogens is 244 g/mol. The van der Waals surface area contributed by atoms with E-state index < -0.39 is 0 Å². The Morgan fingerprint density at radius 2 is 2.06 bits per heavy atom. The molecule has 1 aliphatic rings. The van der Waals surface area contributed by atoms with E-state index >= 15 is 0 Å². The van der Waals surface area contributed by atoms with Crippen LogP contribution < -0.4 is 0 Å². The number of aromatic nitrogens is 2. The molecule has 92 valence electrons. The molecule has 3 heteroatoms. The highest BCUT2D eigenvalue weighted by Crippen LogP contribution is 2.35. The first-order valence-corrected chi connectivity index (χ1v) is 6.71. The van der Waals surface area contributed by atoms with Gasteiger partial charge in [-0.25, -0.2) is 9.97 Å². The van der Waals surface area contributed by atoms with Crippen molar-refractivity contribution in [1.29, 1.82) is 0 Å². The Bertz CT molecular complexity index is 560.